The van der Waals surface area contributed by atoms with Crippen LogP contribution in [0.15, 0.2) is 97.3 Å². The molecule has 1 atom stereocenters. The van der Waals surface area contributed by atoms with Gasteiger partial charge in [-0.25, -0.2) is 0 Å². The molecule has 1 heterocycles. The Kier molecular flexibility index (Phi) is 9.53. The molecule has 4 rings (SSSR count). The van der Waals surface area contributed by atoms with Crippen molar-refractivity contribution < 1.29 is 19.1 Å². The van der Waals surface area contributed by atoms with Gasteiger partial charge in [-0.05, 0) is 58.7 Å². The van der Waals surface area contributed by atoms with E-state index in [0.717, 1.165) is 16.7 Å². The zero-order valence-electron chi connectivity index (χ0n) is 21.8. The zero-order chi connectivity index (χ0) is 27.6. The van der Waals surface area contributed by atoms with E-state index in [1.165, 1.54) is 0 Å². The first-order valence-electron chi connectivity index (χ1n) is 12.4. The fourth-order valence-electron chi connectivity index (χ4n) is 4.27. The van der Waals surface area contributed by atoms with Crippen molar-refractivity contribution in [1.82, 2.24) is 15.2 Å². The highest BCUT2D eigenvalue weighted by molar-refractivity contribution is 6.30. The van der Waals surface area contributed by atoms with E-state index in [2.05, 4.69) is 10.3 Å². The number of carbonyl (C=O) groups excluding carboxylic acids is 2. The molecule has 8 heteroatoms. The minimum absolute atomic E-state index is 0.0644. The summed E-state index contributed by atoms with van der Waals surface area (Å²) in [6, 6.07) is 24.7. The predicted octanol–water partition coefficient (Wildman–Crippen LogP) is 5.38. The molecule has 0 radical (unpaired) electrons. The van der Waals surface area contributed by atoms with Gasteiger partial charge < -0.3 is 19.7 Å². The van der Waals surface area contributed by atoms with Crippen LogP contribution in [0.3, 0.4) is 0 Å². The van der Waals surface area contributed by atoms with Gasteiger partial charge in [-0.15, -0.1) is 0 Å². The second-order valence-corrected chi connectivity index (χ2v) is 9.34. The molecule has 0 unspecified atom stereocenters. The van der Waals surface area contributed by atoms with Crippen LogP contribution in [0, 0.1) is 0 Å². The minimum atomic E-state index is -0.864. The summed E-state index contributed by atoms with van der Waals surface area (Å²) >= 11 is 6.11. The third kappa shape index (κ3) is 7.36. The van der Waals surface area contributed by atoms with Gasteiger partial charge in [-0.1, -0.05) is 60.1 Å². The molecule has 7 nitrogen and oxygen atoms in total. The van der Waals surface area contributed by atoms with Crippen LogP contribution >= 0.6 is 11.6 Å². The van der Waals surface area contributed by atoms with Crippen LogP contribution in [-0.2, 0) is 29.1 Å². The van der Waals surface area contributed by atoms with E-state index in [1.54, 1.807) is 55.8 Å². The number of halogens is 1. The number of rotatable bonds is 11. The number of carbonyl (C=O) groups is 2. The number of benzene rings is 3. The van der Waals surface area contributed by atoms with Crippen LogP contribution in [0.25, 0.3) is 0 Å². The van der Waals surface area contributed by atoms with Gasteiger partial charge in [-0.3, -0.25) is 14.6 Å². The van der Waals surface area contributed by atoms with Crippen molar-refractivity contribution in [1.29, 1.82) is 0 Å². The highest BCUT2D eigenvalue weighted by atomic mass is 35.5. The third-order valence-electron chi connectivity index (χ3n) is 6.28. The molecule has 2 amide bonds. The lowest BCUT2D eigenvalue weighted by atomic mass is 10.0. The third-order valence-corrected chi connectivity index (χ3v) is 6.53. The Labute approximate surface area is 233 Å². The molecule has 0 aliphatic rings. The first-order valence-corrected chi connectivity index (χ1v) is 12.8. The smallest absolute Gasteiger partial charge is 0.247 e. The highest BCUT2D eigenvalue weighted by Gasteiger charge is 2.31. The molecule has 0 aliphatic heterocycles. The van der Waals surface area contributed by atoms with Crippen LogP contribution in [0.2, 0.25) is 5.02 Å². The number of nitrogens with one attached hydrogen (secondary N) is 1. The molecular formula is C31H30ClN3O4. The van der Waals surface area contributed by atoms with Crippen LogP contribution in [-0.4, -0.2) is 35.9 Å². The molecule has 1 N–H and O–H groups in total. The number of methoxy groups -OCH3 is 2. The molecule has 200 valence electrons. The molecule has 0 spiro atoms. The molecule has 0 saturated heterocycles. The highest BCUT2D eigenvalue weighted by Crippen LogP contribution is 2.29. The van der Waals surface area contributed by atoms with Crippen LogP contribution in [0.5, 0.6) is 11.5 Å². The number of hydrogen-bond acceptors (Lipinski definition) is 5. The maximum Gasteiger partial charge on any atom is 0.247 e. The monoisotopic (exact) mass is 543 g/mol. The Hall–Kier alpha value is -4.36. The van der Waals surface area contributed by atoms with Crippen molar-refractivity contribution in [2.45, 2.75) is 25.6 Å². The average molecular weight is 544 g/mol. The largest absolute Gasteiger partial charge is 0.493 e. The molecule has 0 bridgehead atoms. The number of amides is 2. The Morgan fingerprint density at radius 1 is 0.846 bits per heavy atom. The molecule has 0 fully saturated rings. The molecule has 1 aromatic heterocycles. The Morgan fingerprint density at radius 2 is 1.51 bits per heavy atom. The standard InChI is InChI=1S/C31H30ClN3O4/c1-38-27-13-10-24(18-28(27)39-2)19-29(36)35(21-23-8-11-26(32)12-9-23)30(25-6-4-3-5-7-25)31(37)34-20-22-14-16-33-17-15-22/h3-18,30H,19-21H2,1-2H3,(H,34,37)/t30-/m0/s1. The van der Waals surface area contributed by atoms with Gasteiger partial charge >= 0.3 is 0 Å². The molecule has 0 saturated carbocycles. The van der Waals surface area contributed by atoms with E-state index in [0.29, 0.717) is 28.6 Å². The normalized spacial score (nSPS) is 11.4. The van der Waals surface area contributed by atoms with E-state index >= 15 is 0 Å². The van der Waals surface area contributed by atoms with Crippen molar-refractivity contribution in [3.63, 3.8) is 0 Å². The summed E-state index contributed by atoms with van der Waals surface area (Å²) in [4.78, 5) is 33.4. The van der Waals surface area contributed by atoms with Crippen molar-refractivity contribution in [2.24, 2.45) is 0 Å². The first-order chi connectivity index (χ1) is 19.0. The first kappa shape index (κ1) is 27.7. The van der Waals surface area contributed by atoms with Gasteiger partial charge in [0.25, 0.3) is 0 Å². The van der Waals surface area contributed by atoms with Gasteiger partial charge in [0.05, 0.1) is 20.6 Å². The minimum Gasteiger partial charge on any atom is -0.493 e. The van der Waals surface area contributed by atoms with Gasteiger partial charge in [0.15, 0.2) is 11.5 Å². The SMILES string of the molecule is COc1ccc(CC(=O)N(Cc2ccc(Cl)cc2)[C@H](C(=O)NCc2ccncc2)c2ccccc2)cc1OC. The predicted molar refractivity (Wildman–Crippen MR) is 151 cm³/mol. The Morgan fingerprint density at radius 3 is 2.18 bits per heavy atom. The van der Waals surface area contributed by atoms with E-state index < -0.39 is 6.04 Å². The van der Waals surface area contributed by atoms with Crippen LogP contribution in [0.1, 0.15) is 28.3 Å². The van der Waals surface area contributed by atoms with Crippen molar-refractivity contribution in [3.8, 4) is 11.5 Å². The van der Waals surface area contributed by atoms with Crippen LogP contribution < -0.4 is 14.8 Å². The lowest BCUT2D eigenvalue weighted by Gasteiger charge is -2.32. The molecule has 4 aromatic rings. The molecule has 0 aliphatic carbocycles. The second-order valence-electron chi connectivity index (χ2n) is 8.90. The summed E-state index contributed by atoms with van der Waals surface area (Å²) in [5, 5.41) is 3.60. The summed E-state index contributed by atoms with van der Waals surface area (Å²) in [5.41, 5.74) is 3.20. The number of hydrogen-bond donors (Lipinski definition) is 1. The van der Waals surface area contributed by atoms with Crippen molar-refractivity contribution in [3.05, 3.63) is 125 Å². The molecule has 3 aromatic carbocycles. The van der Waals surface area contributed by atoms with Crippen LogP contribution in [0.4, 0.5) is 0 Å². The van der Waals surface area contributed by atoms with Gasteiger partial charge in [0.1, 0.15) is 6.04 Å². The topological polar surface area (TPSA) is 80.8 Å². The Bertz CT molecular complexity index is 1380. The summed E-state index contributed by atoms with van der Waals surface area (Å²) in [7, 11) is 3.11. The number of aromatic nitrogens is 1. The zero-order valence-corrected chi connectivity index (χ0v) is 22.6. The molecule has 39 heavy (non-hydrogen) atoms. The quantitative estimate of drug-likeness (QED) is 0.275. The molecular weight excluding hydrogens is 514 g/mol. The summed E-state index contributed by atoms with van der Waals surface area (Å²) in [5.74, 6) is 0.601. The Balaban J connectivity index is 1.68. The number of ether oxygens (including phenoxy) is 2. The summed E-state index contributed by atoms with van der Waals surface area (Å²) in [6.45, 7) is 0.523. The van der Waals surface area contributed by atoms with Crippen molar-refractivity contribution >= 4 is 23.4 Å². The average Bonchev–Trinajstić information content (AvgIpc) is 2.97. The van der Waals surface area contributed by atoms with Gasteiger partial charge in [0.2, 0.25) is 11.8 Å². The van der Waals surface area contributed by atoms with E-state index in [1.807, 2.05) is 60.7 Å². The lowest BCUT2D eigenvalue weighted by Crippen LogP contribution is -2.43. The summed E-state index contributed by atoms with van der Waals surface area (Å²) < 4.78 is 10.8. The second kappa shape index (κ2) is 13.4. The summed E-state index contributed by atoms with van der Waals surface area (Å²) in [6.07, 6.45) is 3.42. The fourth-order valence-corrected chi connectivity index (χ4v) is 4.40. The van der Waals surface area contributed by atoms with E-state index in [-0.39, 0.29) is 24.8 Å². The van der Waals surface area contributed by atoms with E-state index in [4.69, 9.17) is 21.1 Å². The van der Waals surface area contributed by atoms with Crippen molar-refractivity contribution in [2.75, 3.05) is 14.2 Å². The van der Waals surface area contributed by atoms with Gasteiger partial charge in [-0.2, -0.15) is 0 Å². The number of nitrogens with zero attached hydrogens (tertiary/aromatic N) is 2. The number of pyridine rings is 1. The maximum absolute atomic E-state index is 14.0. The van der Waals surface area contributed by atoms with Gasteiger partial charge in [0, 0.05) is 30.5 Å². The maximum atomic E-state index is 14.0. The fraction of sp³-hybridized carbons (Fsp3) is 0.194. The lowest BCUT2D eigenvalue weighted by molar-refractivity contribution is -0.141. The van der Waals surface area contributed by atoms with E-state index in [9.17, 15) is 9.59 Å².